The van der Waals surface area contributed by atoms with Crippen LogP contribution in [0.5, 0.6) is 0 Å². The summed E-state index contributed by atoms with van der Waals surface area (Å²) in [7, 11) is 0. The van der Waals surface area contributed by atoms with Crippen molar-refractivity contribution in [2.75, 3.05) is 13.1 Å². The van der Waals surface area contributed by atoms with Gasteiger partial charge in [-0.3, -0.25) is 9.59 Å². The summed E-state index contributed by atoms with van der Waals surface area (Å²) in [5, 5.41) is 2.89. The minimum atomic E-state index is -0.0861. The van der Waals surface area contributed by atoms with Gasteiger partial charge in [0.05, 0.1) is 6.04 Å². The quantitative estimate of drug-likeness (QED) is 0.804. The minimum absolute atomic E-state index is 0.0861. The Morgan fingerprint density at radius 3 is 2.58 bits per heavy atom. The van der Waals surface area contributed by atoms with Gasteiger partial charge >= 0.3 is 0 Å². The van der Waals surface area contributed by atoms with Crippen LogP contribution in [-0.4, -0.2) is 29.8 Å². The summed E-state index contributed by atoms with van der Waals surface area (Å²) in [4.78, 5) is 26.7. The highest BCUT2D eigenvalue weighted by Crippen LogP contribution is 2.34. The van der Waals surface area contributed by atoms with Crippen molar-refractivity contribution < 1.29 is 9.59 Å². The van der Waals surface area contributed by atoms with Crippen molar-refractivity contribution in [3.63, 3.8) is 0 Å². The first-order valence-electron chi connectivity index (χ1n) is 9.35. The Morgan fingerprint density at radius 1 is 1.08 bits per heavy atom. The van der Waals surface area contributed by atoms with Gasteiger partial charge in [0.2, 0.25) is 5.91 Å². The maximum Gasteiger partial charge on any atom is 0.251 e. The van der Waals surface area contributed by atoms with Gasteiger partial charge in [-0.1, -0.05) is 42.5 Å². The van der Waals surface area contributed by atoms with Crippen LogP contribution >= 0.6 is 0 Å². The molecule has 0 aliphatic carbocycles. The van der Waals surface area contributed by atoms with Crippen molar-refractivity contribution in [3.05, 3.63) is 71.3 Å². The average Bonchev–Trinajstić information content (AvgIpc) is 3.15. The molecule has 0 radical (unpaired) electrons. The van der Waals surface area contributed by atoms with Crippen LogP contribution in [-0.2, 0) is 4.79 Å². The van der Waals surface area contributed by atoms with Crippen molar-refractivity contribution in [2.45, 2.75) is 38.6 Å². The number of hydrogen-bond donors (Lipinski definition) is 1. The van der Waals surface area contributed by atoms with E-state index in [0.717, 1.165) is 19.4 Å². The molecule has 3 rings (SSSR count). The molecule has 1 saturated heterocycles. The van der Waals surface area contributed by atoms with E-state index in [1.54, 1.807) is 12.1 Å². The minimum Gasteiger partial charge on any atom is -0.352 e. The van der Waals surface area contributed by atoms with Crippen molar-refractivity contribution in [1.29, 1.82) is 0 Å². The van der Waals surface area contributed by atoms with Crippen LogP contribution < -0.4 is 5.32 Å². The molecule has 1 aliphatic heterocycles. The van der Waals surface area contributed by atoms with Gasteiger partial charge in [0.25, 0.3) is 5.91 Å². The third-order valence-corrected chi connectivity index (χ3v) is 5.01. The topological polar surface area (TPSA) is 49.4 Å². The fourth-order valence-corrected chi connectivity index (χ4v) is 3.63. The Hall–Kier alpha value is -2.62. The molecule has 4 heteroatoms. The van der Waals surface area contributed by atoms with E-state index < -0.39 is 0 Å². The van der Waals surface area contributed by atoms with Gasteiger partial charge in [-0.05, 0) is 49.4 Å². The molecule has 1 unspecified atom stereocenters. The lowest BCUT2D eigenvalue weighted by atomic mass is 9.99. The first-order chi connectivity index (χ1) is 12.7. The Bertz CT molecular complexity index is 758. The Kier molecular flexibility index (Phi) is 6.05. The lowest BCUT2D eigenvalue weighted by molar-refractivity contribution is -0.132. The summed E-state index contributed by atoms with van der Waals surface area (Å²) in [6.07, 6.45) is 3.21. The van der Waals surface area contributed by atoms with Gasteiger partial charge in [-0.25, -0.2) is 0 Å². The van der Waals surface area contributed by atoms with E-state index in [1.165, 1.54) is 11.1 Å². The van der Waals surface area contributed by atoms with Gasteiger partial charge in [-0.2, -0.15) is 0 Å². The first-order valence-corrected chi connectivity index (χ1v) is 9.35. The third-order valence-electron chi connectivity index (χ3n) is 5.01. The molecule has 2 aromatic carbocycles. The highest BCUT2D eigenvalue weighted by molar-refractivity contribution is 5.94. The third kappa shape index (κ3) is 4.31. The lowest BCUT2D eigenvalue weighted by Crippen LogP contribution is -2.32. The molecule has 0 aromatic heterocycles. The van der Waals surface area contributed by atoms with Crippen LogP contribution in [0.15, 0.2) is 54.6 Å². The van der Waals surface area contributed by atoms with Gasteiger partial charge < -0.3 is 10.2 Å². The zero-order valence-electron chi connectivity index (χ0n) is 15.3. The normalized spacial score (nSPS) is 16.5. The van der Waals surface area contributed by atoms with E-state index in [-0.39, 0.29) is 17.9 Å². The molecule has 1 fully saturated rings. The largest absolute Gasteiger partial charge is 0.352 e. The van der Waals surface area contributed by atoms with E-state index in [0.29, 0.717) is 24.9 Å². The predicted octanol–water partition coefficient (Wildman–Crippen LogP) is 3.87. The number of carbonyl (C=O) groups is 2. The molecule has 136 valence electrons. The van der Waals surface area contributed by atoms with Crippen molar-refractivity contribution >= 4 is 11.8 Å². The maximum absolute atomic E-state index is 12.7. The molecule has 0 spiro atoms. The highest BCUT2D eigenvalue weighted by Gasteiger charge is 2.30. The number of carbonyl (C=O) groups excluding carboxylic acids is 2. The van der Waals surface area contributed by atoms with Crippen molar-refractivity contribution in [3.8, 4) is 0 Å². The second-order valence-electron chi connectivity index (χ2n) is 6.83. The molecular formula is C22H26N2O2. The molecule has 2 aromatic rings. The van der Waals surface area contributed by atoms with E-state index in [1.807, 2.05) is 35.2 Å². The Labute approximate surface area is 155 Å². The smallest absolute Gasteiger partial charge is 0.251 e. The van der Waals surface area contributed by atoms with E-state index in [9.17, 15) is 9.59 Å². The molecule has 1 heterocycles. The number of hydrogen-bond acceptors (Lipinski definition) is 2. The maximum atomic E-state index is 12.7. The number of nitrogens with zero attached hydrogens (tertiary/aromatic N) is 1. The van der Waals surface area contributed by atoms with Crippen LogP contribution in [0, 0.1) is 6.92 Å². The molecule has 26 heavy (non-hydrogen) atoms. The van der Waals surface area contributed by atoms with E-state index >= 15 is 0 Å². The summed E-state index contributed by atoms with van der Waals surface area (Å²) in [5.74, 6) is 0.0988. The number of amides is 2. The van der Waals surface area contributed by atoms with Crippen LogP contribution in [0.4, 0.5) is 0 Å². The number of aryl methyl sites for hydroxylation is 1. The zero-order chi connectivity index (χ0) is 18.4. The number of nitrogens with one attached hydrogen (secondary N) is 1. The molecule has 1 atom stereocenters. The summed E-state index contributed by atoms with van der Waals surface area (Å²) in [5.41, 5.74) is 3.15. The van der Waals surface area contributed by atoms with Crippen LogP contribution in [0.1, 0.15) is 53.2 Å². The number of benzene rings is 2. The molecular weight excluding hydrogens is 324 g/mol. The second kappa shape index (κ2) is 8.65. The molecule has 0 bridgehead atoms. The van der Waals surface area contributed by atoms with E-state index in [2.05, 4.69) is 24.4 Å². The molecule has 1 N–H and O–H groups in total. The first kappa shape index (κ1) is 18.2. The van der Waals surface area contributed by atoms with Crippen molar-refractivity contribution in [1.82, 2.24) is 10.2 Å². The van der Waals surface area contributed by atoms with Gasteiger partial charge in [0, 0.05) is 25.1 Å². The summed E-state index contributed by atoms with van der Waals surface area (Å²) >= 11 is 0. The molecule has 0 saturated carbocycles. The predicted molar refractivity (Wildman–Crippen MR) is 103 cm³/mol. The fourth-order valence-electron chi connectivity index (χ4n) is 3.63. The monoisotopic (exact) mass is 350 g/mol. The lowest BCUT2D eigenvalue weighted by Gasteiger charge is -2.26. The van der Waals surface area contributed by atoms with Gasteiger partial charge in [0.1, 0.15) is 0 Å². The van der Waals surface area contributed by atoms with E-state index in [4.69, 9.17) is 0 Å². The van der Waals surface area contributed by atoms with Gasteiger partial charge in [0.15, 0.2) is 0 Å². The van der Waals surface area contributed by atoms with Crippen LogP contribution in [0.25, 0.3) is 0 Å². The van der Waals surface area contributed by atoms with Crippen molar-refractivity contribution in [2.24, 2.45) is 0 Å². The zero-order valence-corrected chi connectivity index (χ0v) is 15.3. The summed E-state index contributed by atoms with van der Waals surface area (Å²) in [6.45, 7) is 3.45. The summed E-state index contributed by atoms with van der Waals surface area (Å²) < 4.78 is 0. The SMILES string of the molecule is Cc1ccccc1C1CCCN1C(=O)CCCNC(=O)c1ccccc1. The summed E-state index contributed by atoms with van der Waals surface area (Å²) in [6, 6.07) is 17.7. The fraction of sp³-hybridized carbons (Fsp3) is 0.364. The molecule has 4 nitrogen and oxygen atoms in total. The van der Waals surface area contributed by atoms with Gasteiger partial charge in [-0.15, -0.1) is 0 Å². The van der Waals surface area contributed by atoms with Crippen LogP contribution in [0.2, 0.25) is 0 Å². The molecule has 2 amide bonds. The number of likely N-dealkylation sites (tertiary alicyclic amines) is 1. The second-order valence-corrected chi connectivity index (χ2v) is 6.83. The highest BCUT2D eigenvalue weighted by atomic mass is 16.2. The Morgan fingerprint density at radius 2 is 1.81 bits per heavy atom. The average molecular weight is 350 g/mol. The standard InChI is InChI=1S/C22H26N2O2/c1-17-9-5-6-12-19(17)20-13-8-16-24(20)21(25)14-7-15-23-22(26)18-10-3-2-4-11-18/h2-6,9-12,20H,7-8,13-16H2,1H3,(H,23,26). The number of rotatable bonds is 6. The Balaban J connectivity index is 1.49. The molecule has 1 aliphatic rings. The van der Waals surface area contributed by atoms with Crippen LogP contribution in [0.3, 0.4) is 0 Å².